The summed E-state index contributed by atoms with van der Waals surface area (Å²) in [7, 11) is 1.55. The third-order valence-corrected chi connectivity index (χ3v) is 3.81. The van der Waals surface area contributed by atoms with E-state index in [9.17, 15) is 13.6 Å². The summed E-state index contributed by atoms with van der Waals surface area (Å²) in [6, 6.07) is 2.18. The molecule has 6 heteroatoms. The number of carbonyl (C=O) groups excluding carboxylic acids is 1. The number of carbonyl (C=O) groups is 1. The molecule has 0 bridgehead atoms. The molecule has 1 saturated heterocycles. The van der Waals surface area contributed by atoms with E-state index in [2.05, 4.69) is 15.9 Å². The van der Waals surface area contributed by atoms with Crippen LogP contribution in [0.4, 0.5) is 8.78 Å². The quantitative estimate of drug-likeness (QED) is 0.840. The van der Waals surface area contributed by atoms with Crippen LogP contribution in [0.2, 0.25) is 0 Å². The van der Waals surface area contributed by atoms with Crippen molar-refractivity contribution in [2.45, 2.75) is 12.8 Å². The van der Waals surface area contributed by atoms with Gasteiger partial charge in [0.25, 0.3) is 5.91 Å². The predicted molar refractivity (Wildman–Crippen MR) is 74.6 cm³/mol. The minimum absolute atomic E-state index is 0.222. The molecule has 1 unspecified atom stereocenters. The Labute approximate surface area is 125 Å². The summed E-state index contributed by atoms with van der Waals surface area (Å²) in [5.41, 5.74) is -0.507. The maximum atomic E-state index is 13.8. The highest BCUT2D eigenvalue weighted by molar-refractivity contribution is 9.10. The van der Waals surface area contributed by atoms with Crippen LogP contribution in [0.3, 0.4) is 0 Å². The lowest BCUT2D eigenvalue weighted by atomic mass is 10.0. The van der Waals surface area contributed by atoms with E-state index in [1.807, 2.05) is 0 Å². The molecule has 0 N–H and O–H groups in total. The highest BCUT2D eigenvalue weighted by Crippen LogP contribution is 2.22. The Morgan fingerprint density at radius 3 is 2.65 bits per heavy atom. The minimum Gasteiger partial charge on any atom is -0.381 e. The zero-order valence-corrected chi connectivity index (χ0v) is 12.8. The predicted octanol–water partition coefficient (Wildman–Crippen LogP) is 3.23. The molecule has 1 amide bonds. The Morgan fingerprint density at radius 2 is 2.10 bits per heavy atom. The molecular weight excluding hydrogens is 332 g/mol. The van der Waals surface area contributed by atoms with Crippen molar-refractivity contribution in [2.75, 3.05) is 26.8 Å². The van der Waals surface area contributed by atoms with Crippen LogP contribution in [0, 0.1) is 17.6 Å². The van der Waals surface area contributed by atoms with Crippen molar-refractivity contribution in [3.63, 3.8) is 0 Å². The van der Waals surface area contributed by atoms with Crippen LogP contribution in [-0.2, 0) is 4.74 Å². The second-order valence-electron chi connectivity index (χ2n) is 5.01. The molecule has 0 spiro atoms. The Balaban J connectivity index is 2.10. The number of amides is 1. The van der Waals surface area contributed by atoms with Gasteiger partial charge in [-0.1, -0.05) is 15.9 Å². The Kier molecular flexibility index (Phi) is 5.10. The molecule has 1 aliphatic rings. The molecule has 0 radical (unpaired) electrons. The van der Waals surface area contributed by atoms with Gasteiger partial charge >= 0.3 is 0 Å². The van der Waals surface area contributed by atoms with Crippen LogP contribution in [0.5, 0.6) is 0 Å². The number of hydrogen-bond donors (Lipinski definition) is 0. The highest BCUT2D eigenvalue weighted by atomic mass is 79.9. The van der Waals surface area contributed by atoms with Gasteiger partial charge in [0, 0.05) is 24.7 Å². The summed E-state index contributed by atoms with van der Waals surface area (Å²) in [6.45, 7) is 1.76. The van der Waals surface area contributed by atoms with Gasteiger partial charge in [-0.05, 0) is 30.9 Å². The van der Waals surface area contributed by atoms with E-state index in [1.54, 1.807) is 7.05 Å². The summed E-state index contributed by atoms with van der Waals surface area (Å²) in [4.78, 5) is 13.5. The number of benzene rings is 1. The van der Waals surface area contributed by atoms with Gasteiger partial charge in [0.05, 0.1) is 6.61 Å². The first-order chi connectivity index (χ1) is 9.49. The topological polar surface area (TPSA) is 29.5 Å². The van der Waals surface area contributed by atoms with Crippen molar-refractivity contribution in [3.05, 3.63) is 33.8 Å². The van der Waals surface area contributed by atoms with Crippen LogP contribution >= 0.6 is 15.9 Å². The second-order valence-corrected chi connectivity index (χ2v) is 5.93. The van der Waals surface area contributed by atoms with E-state index in [1.165, 1.54) is 4.90 Å². The summed E-state index contributed by atoms with van der Waals surface area (Å²) in [6.07, 6.45) is 1.91. The monoisotopic (exact) mass is 347 g/mol. The van der Waals surface area contributed by atoms with Crippen molar-refractivity contribution in [3.8, 4) is 0 Å². The average Bonchev–Trinajstić information content (AvgIpc) is 2.38. The first-order valence-electron chi connectivity index (χ1n) is 6.46. The van der Waals surface area contributed by atoms with Crippen molar-refractivity contribution >= 4 is 21.8 Å². The van der Waals surface area contributed by atoms with Gasteiger partial charge in [0.1, 0.15) is 17.2 Å². The smallest absolute Gasteiger partial charge is 0.259 e. The fraction of sp³-hybridized carbons (Fsp3) is 0.500. The van der Waals surface area contributed by atoms with Crippen LogP contribution in [0.25, 0.3) is 0 Å². The van der Waals surface area contributed by atoms with E-state index < -0.39 is 23.1 Å². The summed E-state index contributed by atoms with van der Waals surface area (Å²) in [5.74, 6) is -2.13. The van der Waals surface area contributed by atoms with Gasteiger partial charge in [-0.3, -0.25) is 4.79 Å². The molecule has 1 aromatic carbocycles. The van der Waals surface area contributed by atoms with Gasteiger partial charge < -0.3 is 9.64 Å². The first kappa shape index (κ1) is 15.4. The third kappa shape index (κ3) is 3.55. The number of rotatable bonds is 3. The van der Waals surface area contributed by atoms with E-state index in [0.717, 1.165) is 31.6 Å². The largest absolute Gasteiger partial charge is 0.381 e. The van der Waals surface area contributed by atoms with E-state index >= 15 is 0 Å². The number of nitrogens with zero attached hydrogens (tertiary/aromatic N) is 1. The molecule has 1 atom stereocenters. The van der Waals surface area contributed by atoms with E-state index in [4.69, 9.17) is 4.74 Å². The van der Waals surface area contributed by atoms with Crippen LogP contribution < -0.4 is 0 Å². The molecule has 1 fully saturated rings. The number of ether oxygens (including phenoxy) is 1. The standard InChI is InChI=1S/C14H16BrF2NO2/c1-18(7-9-3-2-4-20-8-9)14(19)13-11(16)5-10(15)6-12(13)17/h5-6,9H,2-4,7-8H2,1H3. The lowest BCUT2D eigenvalue weighted by Crippen LogP contribution is -2.36. The van der Waals surface area contributed by atoms with Gasteiger partial charge in [-0.25, -0.2) is 8.78 Å². The van der Waals surface area contributed by atoms with Crippen molar-refractivity contribution in [1.29, 1.82) is 0 Å². The molecule has 0 aliphatic carbocycles. The zero-order valence-electron chi connectivity index (χ0n) is 11.2. The SMILES string of the molecule is CN(CC1CCCOC1)C(=O)c1c(F)cc(Br)cc1F. The average molecular weight is 348 g/mol. The van der Waals surface area contributed by atoms with Gasteiger partial charge in [0.2, 0.25) is 0 Å². The van der Waals surface area contributed by atoms with E-state index in [0.29, 0.717) is 13.2 Å². The Bertz CT molecular complexity index is 481. The fourth-order valence-electron chi connectivity index (χ4n) is 2.36. The zero-order chi connectivity index (χ0) is 14.7. The van der Waals surface area contributed by atoms with E-state index in [-0.39, 0.29) is 10.4 Å². The third-order valence-electron chi connectivity index (χ3n) is 3.35. The normalized spacial score (nSPS) is 18.9. The summed E-state index contributed by atoms with van der Waals surface area (Å²) in [5, 5.41) is 0. The van der Waals surface area contributed by atoms with Crippen LogP contribution in [0.1, 0.15) is 23.2 Å². The summed E-state index contributed by atoms with van der Waals surface area (Å²) < 4.78 is 33.1. The molecule has 0 aromatic heterocycles. The van der Waals surface area contributed by atoms with Crippen LogP contribution in [0.15, 0.2) is 16.6 Å². The lowest BCUT2D eigenvalue weighted by molar-refractivity contribution is 0.0386. The van der Waals surface area contributed by atoms with Crippen molar-refractivity contribution in [1.82, 2.24) is 4.90 Å². The fourth-order valence-corrected chi connectivity index (χ4v) is 2.76. The van der Waals surface area contributed by atoms with Crippen LogP contribution in [-0.4, -0.2) is 37.6 Å². The summed E-state index contributed by atoms with van der Waals surface area (Å²) >= 11 is 2.99. The Hall–Kier alpha value is -1.01. The van der Waals surface area contributed by atoms with Gasteiger partial charge in [-0.2, -0.15) is 0 Å². The Morgan fingerprint density at radius 1 is 1.45 bits per heavy atom. The molecule has 1 aliphatic heterocycles. The number of halogens is 3. The van der Waals surface area contributed by atoms with Crippen molar-refractivity contribution < 1.29 is 18.3 Å². The molecule has 110 valence electrons. The maximum Gasteiger partial charge on any atom is 0.259 e. The van der Waals surface area contributed by atoms with Crippen molar-refractivity contribution in [2.24, 2.45) is 5.92 Å². The molecular formula is C14H16BrF2NO2. The molecule has 0 saturated carbocycles. The second kappa shape index (κ2) is 6.63. The maximum absolute atomic E-state index is 13.8. The minimum atomic E-state index is -0.853. The molecule has 1 heterocycles. The van der Waals surface area contributed by atoms with Gasteiger partial charge in [0.15, 0.2) is 0 Å². The number of hydrogen-bond acceptors (Lipinski definition) is 2. The lowest BCUT2D eigenvalue weighted by Gasteiger charge is -2.27. The first-order valence-corrected chi connectivity index (χ1v) is 7.26. The van der Waals surface area contributed by atoms with Gasteiger partial charge in [-0.15, -0.1) is 0 Å². The molecule has 2 rings (SSSR count). The molecule has 20 heavy (non-hydrogen) atoms. The highest BCUT2D eigenvalue weighted by Gasteiger charge is 2.24. The molecule has 3 nitrogen and oxygen atoms in total. The molecule has 1 aromatic rings.